The van der Waals surface area contributed by atoms with Crippen molar-refractivity contribution in [2.24, 2.45) is 5.92 Å². The summed E-state index contributed by atoms with van der Waals surface area (Å²) in [5.41, 5.74) is 1.55. The van der Waals surface area contributed by atoms with Crippen LogP contribution in [0.1, 0.15) is 29.8 Å². The second kappa shape index (κ2) is 7.62. The Kier molecular flexibility index (Phi) is 6.48. The molecule has 0 saturated heterocycles. The fourth-order valence-electron chi connectivity index (χ4n) is 1.69. The van der Waals surface area contributed by atoms with Crippen molar-refractivity contribution < 1.29 is 14.6 Å². The maximum atomic E-state index is 11.4. The van der Waals surface area contributed by atoms with Crippen molar-refractivity contribution in [3.63, 3.8) is 0 Å². The van der Waals surface area contributed by atoms with Crippen molar-refractivity contribution in [3.8, 4) is 0 Å². The van der Waals surface area contributed by atoms with E-state index in [0.717, 1.165) is 10.0 Å². The quantitative estimate of drug-likeness (QED) is 0.786. The number of aliphatic hydroxyl groups is 1. The highest BCUT2D eigenvalue weighted by Crippen LogP contribution is 2.19. The molecule has 1 rings (SSSR count). The van der Waals surface area contributed by atoms with Gasteiger partial charge in [0.2, 0.25) is 0 Å². The second-order valence-corrected chi connectivity index (χ2v) is 5.57. The Morgan fingerprint density at radius 1 is 1.47 bits per heavy atom. The van der Waals surface area contributed by atoms with Gasteiger partial charge in [0.15, 0.2) is 0 Å². The van der Waals surface area contributed by atoms with Gasteiger partial charge >= 0.3 is 5.97 Å². The summed E-state index contributed by atoms with van der Waals surface area (Å²) in [6.07, 6.45) is 0. The highest BCUT2D eigenvalue weighted by molar-refractivity contribution is 9.10. The molecule has 1 atom stereocenters. The minimum absolute atomic E-state index is 0.0622. The van der Waals surface area contributed by atoms with E-state index in [2.05, 4.69) is 39.8 Å². The summed E-state index contributed by atoms with van der Waals surface area (Å²) in [5.74, 6) is 0.00809. The number of methoxy groups -OCH3 is 1. The van der Waals surface area contributed by atoms with E-state index < -0.39 is 0 Å². The normalized spacial score (nSPS) is 12.5. The topological polar surface area (TPSA) is 58.6 Å². The number of halogens is 1. The molecule has 0 unspecified atom stereocenters. The summed E-state index contributed by atoms with van der Waals surface area (Å²) < 4.78 is 5.52. The van der Waals surface area contributed by atoms with Gasteiger partial charge in [0.25, 0.3) is 0 Å². The fourth-order valence-corrected chi connectivity index (χ4v) is 2.21. The van der Waals surface area contributed by atoms with Gasteiger partial charge in [0.1, 0.15) is 0 Å². The Labute approximate surface area is 122 Å². The third-order valence-corrected chi connectivity index (χ3v) is 3.77. The number of nitrogens with one attached hydrogen (secondary N) is 1. The summed E-state index contributed by atoms with van der Waals surface area (Å²) in [5, 5.41) is 12.5. The lowest BCUT2D eigenvalue weighted by molar-refractivity contribution is 0.0600. The van der Waals surface area contributed by atoms with Crippen molar-refractivity contribution in [2.45, 2.75) is 26.4 Å². The van der Waals surface area contributed by atoms with Crippen LogP contribution >= 0.6 is 15.9 Å². The first-order chi connectivity index (χ1) is 8.99. The number of esters is 1. The molecule has 0 radical (unpaired) electrons. The molecule has 0 amide bonds. The summed E-state index contributed by atoms with van der Waals surface area (Å²) in [6.45, 7) is 4.85. The number of benzene rings is 1. The summed E-state index contributed by atoms with van der Waals surface area (Å²) in [7, 11) is 1.36. The van der Waals surface area contributed by atoms with Gasteiger partial charge < -0.3 is 15.2 Å². The number of rotatable bonds is 6. The molecule has 106 valence electrons. The smallest absolute Gasteiger partial charge is 0.337 e. The van der Waals surface area contributed by atoms with E-state index >= 15 is 0 Å². The number of ether oxygens (including phenoxy) is 1. The number of carbonyl (C=O) groups is 1. The van der Waals surface area contributed by atoms with Crippen molar-refractivity contribution in [1.82, 2.24) is 5.32 Å². The number of carbonyl (C=O) groups excluding carboxylic acids is 1. The average Bonchev–Trinajstić information content (AvgIpc) is 2.39. The standard InChI is InChI=1S/C14H20BrNO3/c1-9(2)13(8-17)16-7-11-5-4-10(6-12(11)15)14(18)19-3/h4-6,9,13,16-17H,7-8H2,1-3H3/t13-/m0/s1. The van der Waals surface area contributed by atoms with E-state index in [-0.39, 0.29) is 18.6 Å². The molecule has 1 aromatic rings. The van der Waals surface area contributed by atoms with Crippen molar-refractivity contribution in [3.05, 3.63) is 33.8 Å². The van der Waals surface area contributed by atoms with Gasteiger partial charge in [-0.25, -0.2) is 4.79 Å². The fraction of sp³-hybridized carbons (Fsp3) is 0.500. The average molecular weight is 330 g/mol. The van der Waals surface area contributed by atoms with Crippen LogP contribution in [0.15, 0.2) is 22.7 Å². The molecule has 0 spiro atoms. The van der Waals surface area contributed by atoms with Crippen LogP contribution in [0.25, 0.3) is 0 Å². The molecule has 5 heteroatoms. The Hall–Kier alpha value is -0.910. The molecule has 0 saturated carbocycles. The number of hydrogen-bond donors (Lipinski definition) is 2. The lowest BCUT2D eigenvalue weighted by Crippen LogP contribution is -2.36. The molecule has 0 heterocycles. The zero-order chi connectivity index (χ0) is 14.4. The lowest BCUT2D eigenvalue weighted by Gasteiger charge is -2.20. The summed E-state index contributed by atoms with van der Waals surface area (Å²) in [6, 6.07) is 5.41. The van der Waals surface area contributed by atoms with Crippen LogP contribution in [-0.4, -0.2) is 30.8 Å². The molecule has 0 fully saturated rings. The molecule has 0 aliphatic rings. The van der Waals surface area contributed by atoms with Gasteiger partial charge in [-0.1, -0.05) is 35.8 Å². The molecular weight excluding hydrogens is 310 g/mol. The zero-order valence-corrected chi connectivity index (χ0v) is 13.0. The van der Waals surface area contributed by atoms with Crippen molar-refractivity contribution >= 4 is 21.9 Å². The van der Waals surface area contributed by atoms with Crippen LogP contribution in [0.4, 0.5) is 0 Å². The van der Waals surface area contributed by atoms with Gasteiger partial charge in [0.05, 0.1) is 19.3 Å². The third kappa shape index (κ3) is 4.60. The molecule has 19 heavy (non-hydrogen) atoms. The summed E-state index contributed by atoms with van der Waals surface area (Å²) >= 11 is 3.44. The monoisotopic (exact) mass is 329 g/mol. The van der Waals surface area contributed by atoms with E-state index in [1.165, 1.54) is 7.11 Å². The first kappa shape index (κ1) is 16.1. The molecular formula is C14H20BrNO3. The van der Waals surface area contributed by atoms with Crippen LogP contribution in [0.5, 0.6) is 0 Å². The molecule has 2 N–H and O–H groups in total. The number of aliphatic hydroxyl groups excluding tert-OH is 1. The second-order valence-electron chi connectivity index (χ2n) is 4.71. The van der Waals surface area contributed by atoms with E-state index in [9.17, 15) is 9.90 Å². The zero-order valence-electron chi connectivity index (χ0n) is 11.4. The molecule has 0 aliphatic heterocycles. The minimum Gasteiger partial charge on any atom is -0.465 e. The van der Waals surface area contributed by atoms with Crippen molar-refractivity contribution in [2.75, 3.05) is 13.7 Å². The SMILES string of the molecule is COC(=O)c1ccc(CN[C@@H](CO)C(C)C)c(Br)c1. The van der Waals surface area contributed by atoms with Crippen LogP contribution in [0, 0.1) is 5.92 Å². The van der Waals surface area contributed by atoms with Gasteiger partial charge in [-0.2, -0.15) is 0 Å². The molecule has 4 nitrogen and oxygen atoms in total. The van der Waals surface area contributed by atoms with Crippen LogP contribution in [0.3, 0.4) is 0 Å². The molecule has 0 aliphatic carbocycles. The van der Waals surface area contributed by atoms with E-state index in [0.29, 0.717) is 18.0 Å². The molecule has 0 aromatic heterocycles. The summed E-state index contributed by atoms with van der Waals surface area (Å²) in [4.78, 5) is 11.4. The van der Waals surface area contributed by atoms with Crippen LogP contribution in [-0.2, 0) is 11.3 Å². The van der Waals surface area contributed by atoms with Gasteiger partial charge in [0, 0.05) is 17.1 Å². The van der Waals surface area contributed by atoms with Gasteiger partial charge in [-0.3, -0.25) is 0 Å². The van der Waals surface area contributed by atoms with Crippen molar-refractivity contribution in [1.29, 1.82) is 0 Å². The van der Waals surface area contributed by atoms with E-state index in [1.807, 2.05) is 6.07 Å². The predicted octanol–water partition coefficient (Wildman–Crippen LogP) is 2.34. The van der Waals surface area contributed by atoms with Crippen LogP contribution in [0.2, 0.25) is 0 Å². The first-order valence-corrected chi connectivity index (χ1v) is 6.99. The first-order valence-electron chi connectivity index (χ1n) is 6.20. The van der Waals surface area contributed by atoms with Gasteiger partial charge in [-0.05, 0) is 23.6 Å². The maximum absolute atomic E-state index is 11.4. The highest BCUT2D eigenvalue weighted by Gasteiger charge is 2.13. The Balaban J connectivity index is 2.72. The molecule has 1 aromatic carbocycles. The predicted molar refractivity (Wildman–Crippen MR) is 78.0 cm³/mol. The van der Waals surface area contributed by atoms with Gasteiger partial charge in [-0.15, -0.1) is 0 Å². The Morgan fingerprint density at radius 2 is 2.16 bits per heavy atom. The number of hydrogen-bond acceptors (Lipinski definition) is 4. The largest absolute Gasteiger partial charge is 0.465 e. The maximum Gasteiger partial charge on any atom is 0.337 e. The Bertz CT molecular complexity index is 435. The van der Waals surface area contributed by atoms with Crippen LogP contribution < -0.4 is 5.32 Å². The Morgan fingerprint density at radius 3 is 2.63 bits per heavy atom. The lowest BCUT2D eigenvalue weighted by atomic mass is 10.0. The molecule has 0 bridgehead atoms. The third-order valence-electron chi connectivity index (χ3n) is 3.03. The minimum atomic E-state index is -0.351. The van der Waals surface area contributed by atoms with E-state index in [4.69, 9.17) is 0 Å². The van der Waals surface area contributed by atoms with E-state index in [1.54, 1.807) is 12.1 Å². The highest BCUT2D eigenvalue weighted by atomic mass is 79.9.